The number of nitrogens with zero attached hydrogens (tertiary/aromatic N) is 2. The Morgan fingerprint density at radius 3 is 2.75 bits per heavy atom. The monoisotopic (exact) mass is 162 g/mol. The largest absolute Gasteiger partial charge is 0.279 e. The fourth-order valence-corrected chi connectivity index (χ4v) is 2.67. The third-order valence-electron chi connectivity index (χ3n) is 3.31. The van der Waals surface area contributed by atoms with Crippen LogP contribution >= 0.6 is 0 Å². The average molecular weight is 162 g/mol. The Hall–Kier alpha value is -0.810. The topological polar surface area (TPSA) is 27.0 Å². The predicted octanol–water partition coefficient (Wildman–Crippen LogP) is 1.69. The van der Waals surface area contributed by atoms with Gasteiger partial charge in [0.2, 0.25) is 0 Å². The van der Waals surface area contributed by atoms with E-state index in [1.54, 1.807) is 0 Å². The van der Waals surface area contributed by atoms with Crippen molar-refractivity contribution in [2.24, 2.45) is 0 Å². The molecule has 2 fully saturated rings. The molecule has 0 aromatic carbocycles. The lowest BCUT2D eigenvalue weighted by Gasteiger charge is -2.26. The number of rotatable bonds is 2. The van der Waals surface area contributed by atoms with Gasteiger partial charge in [-0.3, -0.25) is 4.90 Å². The Kier molecular flexibility index (Phi) is 1.69. The van der Waals surface area contributed by atoms with Crippen LogP contribution in [-0.4, -0.2) is 23.0 Å². The molecule has 0 atom stereocenters. The van der Waals surface area contributed by atoms with Crippen LogP contribution < -0.4 is 0 Å². The highest BCUT2D eigenvalue weighted by Crippen LogP contribution is 2.45. The first-order valence-corrected chi connectivity index (χ1v) is 4.61. The van der Waals surface area contributed by atoms with E-state index in [1.807, 2.05) is 6.08 Å². The zero-order valence-corrected chi connectivity index (χ0v) is 7.29. The van der Waals surface area contributed by atoms with Crippen molar-refractivity contribution in [1.29, 1.82) is 5.26 Å². The molecule has 0 amide bonds. The minimum absolute atomic E-state index is 0.112. The van der Waals surface area contributed by atoms with E-state index in [4.69, 9.17) is 5.26 Å². The first-order valence-electron chi connectivity index (χ1n) is 4.61. The summed E-state index contributed by atoms with van der Waals surface area (Å²) in [5.41, 5.74) is -0.112. The molecule has 0 aromatic rings. The average Bonchev–Trinajstić information content (AvgIpc) is 2.62. The molecule has 12 heavy (non-hydrogen) atoms. The summed E-state index contributed by atoms with van der Waals surface area (Å²) in [5, 5.41) is 9.11. The van der Waals surface area contributed by atoms with Gasteiger partial charge >= 0.3 is 0 Å². The summed E-state index contributed by atoms with van der Waals surface area (Å²) in [7, 11) is 0. The molecular weight excluding hydrogens is 148 g/mol. The van der Waals surface area contributed by atoms with Crippen molar-refractivity contribution in [1.82, 2.24) is 4.90 Å². The van der Waals surface area contributed by atoms with Gasteiger partial charge in [-0.25, -0.2) is 0 Å². The van der Waals surface area contributed by atoms with Crippen molar-refractivity contribution >= 4 is 0 Å². The molecule has 2 rings (SSSR count). The van der Waals surface area contributed by atoms with Gasteiger partial charge in [0.25, 0.3) is 0 Å². The zero-order chi connectivity index (χ0) is 8.60. The van der Waals surface area contributed by atoms with Crippen molar-refractivity contribution in [2.45, 2.75) is 37.3 Å². The number of fused-ring (bicyclic) bond motifs is 2. The maximum atomic E-state index is 9.11. The molecule has 0 aromatic heterocycles. The summed E-state index contributed by atoms with van der Waals surface area (Å²) < 4.78 is 0. The fourth-order valence-electron chi connectivity index (χ4n) is 2.67. The highest BCUT2D eigenvalue weighted by atomic mass is 15.3. The molecular formula is C10H14N2. The van der Waals surface area contributed by atoms with E-state index in [1.165, 1.54) is 12.8 Å². The molecule has 0 radical (unpaired) electrons. The van der Waals surface area contributed by atoms with Crippen LogP contribution in [0.15, 0.2) is 12.7 Å². The molecule has 0 spiro atoms. The van der Waals surface area contributed by atoms with Crippen LogP contribution in [0.4, 0.5) is 0 Å². The second kappa shape index (κ2) is 2.60. The van der Waals surface area contributed by atoms with Gasteiger partial charge in [0.05, 0.1) is 6.07 Å². The van der Waals surface area contributed by atoms with Gasteiger partial charge in [-0.1, -0.05) is 6.08 Å². The van der Waals surface area contributed by atoms with Crippen LogP contribution in [0, 0.1) is 11.3 Å². The zero-order valence-electron chi connectivity index (χ0n) is 7.29. The molecule has 64 valence electrons. The molecule has 0 aliphatic carbocycles. The van der Waals surface area contributed by atoms with Gasteiger partial charge in [0.15, 0.2) is 0 Å². The van der Waals surface area contributed by atoms with Crippen LogP contribution in [0.25, 0.3) is 0 Å². The normalized spacial score (nSPS) is 39.8. The van der Waals surface area contributed by atoms with Crippen molar-refractivity contribution < 1.29 is 0 Å². The van der Waals surface area contributed by atoms with Crippen LogP contribution in [0.5, 0.6) is 0 Å². The SMILES string of the molecule is C=CCN1C2CCC1(C#N)CC2. The third kappa shape index (κ3) is 0.834. The van der Waals surface area contributed by atoms with Gasteiger partial charge in [-0.15, -0.1) is 6.58 Å². The minimum atomic E-state index is -0.112. The van der Waals surface area contributed by atoms with Gasteiger partial charge in [-0.2, -0.15) is 5.26 Å². The Balaban J connectivity index is 2.22. The van der Waals surface area contributed by atoms with Crippen molar-refractivity contribution in [3.05, 3.63) is 12.7 Å². The highest BCUT2D eigenvalue weighted by Gasteiger charge is 2.51. The maximum Gasteiger partial charge on any atom is 0.109 e. The van der Waals surface area contributed by atoms with E-state index in [-0.39, 0.29) is 5.54 Å². The minimum Gasteiger partial charge on any atom is -0.279 e. The molecule has 0 N–H and O–H groups in total. The molecule has 2 nitrogen and oxygen atoms in total. The van der Waals surface area contributed by atoms with E-state index in [0.29, 0.717) is 6.04 Å². The number of hydrogen-bond acceptors (Lipinski definition) is 2. The Morgan fingerprint density at radius 2 is 2.25 bits per heavy atom. The summed E-state index contributed by atoms with van der Waals surface area (Å²) >= 11 is 0. The summed E-state index contributed by atoms with van der Waals surface area (Å²) in [6.07, 6.45) is 6.47. The van der Waals surface area contributed by atoms with Crippen molar-refractivity contribution in [3.63, 3.8) is 0 Å². The Labute approximate surface area is 73.5 Å². The molecule has 2 aliphatic rings. The van der Waals surface area contributed by atoms with Crippen LogP contribution in [0.1, 0.15) is 25.7 Å². The fraction of sp³-hybridized carbons (Fsp3) is 0.700. The standard InChI is InChI=1S/C10H14N2/c1-2-7-12-9-3-5-10(12,8-11)6-4-9/h2,9H,1,3-7H2. The van der Waals surface area contributed by atoms with Crippen molar-refractivity contribution in [2.75, 3.05) is 6.54 Å². The molecule has 0 unspecified atom stereocenters. The third-order valence-corrected chi connectivity index (χ3v) is 3.31. The highest BCUT2D eigenvalue weighted by molar-refractivity contribution is 5.19. The summed E-state index contributed by atoms with van der Waals surface area (Å²) in [6.45, 7) is 4.62. The number of nitriles is 1. The van der Waals surface area contributed by atoms with E-state index < -0.39 is 0 Å². The van der Waals surface area contributed by atoms with E-state index >= 15 is 0 Å². The maximum absolute atomic E-state index is 9.11. The van der Waals surface area contributed by atoms with Gasteiger partial charge < -0.3 is 0 Å². The first-order chi connectivity index (χ1) is 5.82. The summed E-state index contributed by atoms with van der Waals surface area (Å²) in [4.78, 5) is 2.33. The molecule has 0 saturated carbocycles. The quantitative estimate of drug-likeness (QED) is 0.578. The lowest BCUT2D eigenvalue weighted by atomic mass is 9.89. The lowest BCUT2D eigenvalue weighted by Crippen LogP contribution is -2.39. The second-order valence-corrected chi connectivity index (χ2v) is 3.82. The van der Waals surface area contributed by atoms with E-state index in [2.05, 4.69) is 17.5 Å². The van der Waals surface area contributed by atoms with E-state index in [0.717, 1.165) is 19.4 Å². The number of hydrogen-bond donors (Lipinski definition) is 0. The van der Waals surface area contributed by atoms with E-state index in [9.17, 15) is 0 Å². The molecule has 2 heteroatoms. The summed E-state index contributed by atoms with van der Waals surface area (Å²) in [6, 6.07) is 3.15. The van der Waals surface area contributed by atoms with Crippen molar-refractivity contribution in [3.8, 4) is 6.07 Å². The van der Waals surface area contributed by atoms with Gasteiger partial charge in [-0.05, 0) is 25.7 Å². The smallest absolute Gasteiger partial charge is 0.109 e. The van der Waals surface area contributed by atoms with Crippen LogP contribution in [0.2, 0.25) is 0 Å². The molecule has 2 bridgehead atoms. The Morgan fingerprint density at radius 1 is 1.58 bits per heavy atom. The van der Waals surface area contributed by atoms with Crippen LogP contribution in [-0.2, 0) is 0 Å². The Bertz CT molecular complexity index is 231. The van der Waals surface area contributed by atoms with Gasteiger partial charge in [0, 0.05) is 12.6 Å². The predicted molar refractivity (Wildman–Crippen MR) is 47.5 cm³/mol. The molecule has 2 saturated heterocycles. The summed E-state index contributed by atoms with van der Waals surface area (Å²) in [5.74, 6) is 0. The second-order valence-electron chi connectivity index (χ2n) is 3.82. The first kappa shape index (κ1) is 7.82. The van der Waals surface area contributed by atoms with Gasteiger partial charge in [0.1, 0.15) is 5.54 Å². The lowest BCUT2D eigenvalue weighted by molar-refractivity contribution is 0.227. The van der Waals surface area contributed by atoms with Crippen LogP contribution in [0.3, 0.4) is 0 Å². The molecule has 2 heterocycles. The molecule has 2 aliphatic heterocycles.